The molecule has 1 aromatic rings. The predicted molar refractivity (Wildman–Crippen MR) is 71.3 cm³/mol. The van der Waals surface area contributed by atoms with E-state index in [4.69, 9.17) is 0 Å². The minimum absolute atomic E-state index is 0.123. The van der Waals surface area contributed by atoms with E-state index in [-0.39, 0.29) is 5.91 Å². The fourth-order valence-electron chi connectivity index (χ4n) is 2.00. The molecule has 0 spiro atoms. The lowest BCUT2D eigenvalue weighted by Crippen LogP contribution is -2.19. The molecule has 1 aromatic carbocycles. The van der Waals surface area contributed by atoms with Gasteiger partial charge >= 0.3 is 0 Å². The highest BCUT2D eigenvalue weighted by Gasteiger charge is 2.14. The maximum Gasteiger partial charge on any atom is 0.224 e. The van der Waals surface area contributed by atoms with E-state index in [9.17, 15) is 4.79 Å². The van der Waals surface area contributed by atoms with Crippen LogP contribution in [0.1, 0.15) is 32.3 Å². The number of carbonyl (C=O) groups excluding carboxylic acids is 1. The number of carbonyl (C=O) groups is 1. The van der Waals surface area contributed by atoms with Crippen molar-refractivity contribution in [1.82, 2.24) is 0 Å². The number of benzene rings is 1. The van der Waals surface area contributed by atoms with Crippen LogP contribution in [0.3, 0.4) is 0 Å². The van der Waals surface area contributed by atoms with E-state index in [1.54, 1.807) is 0 Å². The van der Waals surface area contributed by atoms with E-state index in [0.29, 0.717) is 6.42 Å². The Morgan fingerprint density at radius 2 is 2.18 bits per heavy atom. The van der Waals surface area contributed by atoms with Gasteiger partial charge < -0.3 is 10.6 Å². The van der Waals surface area contributed by atoms with Crippen LogP contribution < -0.4 is 10.6 Å². The highest BCUT2D eigenvalue weighted by Crippen LogP contribution is 2.25. The Kier molecular flexibility index (Phi) is 3.67. The predicted octanol–water partition coefficient (Wildman–Crippen LogP) is 3.03. The van der Waals surface area contributed by atoms with Gasteiger partial charge in [0.15, 0.2) is 0 Å². The number of rotatable bonds is 4. The minimum Gasteiger partial charge on any atom is -0.385 e. The summed E-state index contributed by atoms with van der Waals surface area (Å²) in [5, 5.41) is 6.32. The summed E-state index contributed by atoms with van der Waals surface area (Å²) in [6.45, 7) is 5.46. The van der Waals surface area contributed by atoms with Crippen molar-refractivity contribution in [2.45, 2.75) is 33.1 Å². The van der Waals surface area contributed by atoms with Crippen molar-refractivity contribution in [2.75, 3.05) is 17.2 Å². The van der Waals surface area contributed by atoms with Gasteiger partial charge in [0.2, 0.25) is 5.91 Å². The fraction of sp³-hybridized carbons (Fsp3) is 0.500. The van der Waals surface area contributed by atoms with Crippen molar-refractivity contribution in [3.63, 3.8) is 0 Å². The molecule has 17 heavy (non-hydrogen) atoms. The lowest BCUT2D eigenvalue weighted by atomic mass is 10.0. The average molecular weight is 232 g/mol. The number of hydrogen-bond donors (Lipinski definition) is 2. The first-order valence-corrected chi connectivity index (χ1v) is 6.32. The van der Waals surface area contributed by atoms with Crippen LogP contribution >= 0.6 is 0 Å². The molecule has 0 saturated heterocycles. The summed E-state index contributed by atoms with van der Waals surface area (Å²) >= 11 is 0. The van der Waals surface area contributed by atoms with E-state index in [1.807, 2.05) is 12.1 Å². The first-order chi connectivity index (χ1) is 8.15. The van der Waals surface area contributed by atoms with Crippen LogP contribution in [0.4, 0.5) is 11.4 Å². The monoisotopic (exact) mass is 232 g/mol. The summed E-state index contributed by atoms with van der Waals surface area (Å²) in [6, 6.07) is 6.17. The van der Waals surface area contributed by atoms with E-state index in [0.717, 1.165) is 30.3 Å². The third-order valence-electron chi connectivity index (χ3n) is 3.05. The Bertz CT molecular complexity index is 413. The first-order valence-electron chi connectivity index (χ1n) is 6.32. The van der Waals surface area contributed by atoms with Crippen molar-refractivity contribution in [3.05, 3.63) is 23.8 Å². The second-order valence-corrected chi connectivity index (χ2v) is 5.03. The van der Waals surface area contributed by atoms with E-state index in [2.05, 4.69) is 30.5 Å². The normalized spacial score (nSPS) is 14.4. The third kappa shape index (κ3) is 3.22. The molecular formula is C14H20N2O. The zero-order valence-corrected chi connectivity index (χ0v) is 10.5. The van der Waals surface area contributed by atoms with Crippen LogP contribution in [0.5, 0.6) is 0 Å². The van der Waals surface area contributed by atoms with Crippen LogP contribution in [0.25, 0.3) is 0 Å². The van der Waals surface area contributed by atoms with Crippen LogP contribution in [-0.2, 0) is 11.2 Å². The molecular weight excluding hydrogens is 212 g/mol. The molecule has 92 valence electrons. The number of fused-ring (bicyclic) bond motifs is 1. The van der Waals surface area contributed by atoms with Gasteiger partial charge in [-0.05, 0) is 42.5 Å². The second-order valence-electron chi connectivity index (χ2n) is 5.03. The van der Waals surface area contributed by atoms with Gasteiger partial charge in [0.25, 0.3) is 0 Å². The molecule has 1 heterocycles. The number of nitrogens with one attached hydrogen (secondary N) is 2. The van der Waals surface area contributed by atoms with Crippen molar-refractivity contribution in [2.24, 2.45) is 5.92 Å². The molecule has 0 aromatic heterocycles. The smallest absolute Gasteiger partial charge is 0.224 e. The summed E-state index contributed by atoms with van der Waals surface area (Å²) in [5.74, 6) is 0.845. The molecule has 1 aliphatic rings. The molecule has 0 unspecified atom stereocenters. The standard InChI is InChI=1S/C14H20N2O/c1-10(2)7-8-15-12-4-5-13-11(9-12)3-6-14(17)16-13/h4-5,9-10,15H,3,6-8H2,1-2H3,(H,16,17). The van der Waals surface area contributed by atoms with Crippen molar-refractivity contribution < 1.29 is 4.79 Å². The number of aryl methyl sites for hydroxylation is 1. The molecule has 1 aliphatic heterocycles. The Balaban J connectivity index is 1.99. The Morgan fingerprint density at radius 3 is 2.94 bits per heavy atom. The van der Waals surface area contributed by atoms with Crippen molar-refractivity contribution >= 4 is 17.3 Å². The van der Waals surface area contributed by atoms with Crippen LogP contribution in [-0.4, -0.2) is 12.5 Å². The molecule has 3 heteroatoms. The minimum atomic E-state index is 0.123. The summed E-state index contributed by atoms with van der Waals surface area (Å²) in [6.07, 6.45) is 2.62. The maximum atomic E-state index is 11.2. The SMILES string of the molecule is CC(C)CCNc1ccc2c(c1)CCC(=O)N2. The lowest BCUT2D eigenvalue weighted by molar-refractivity contribution is -0.116. The number of hydrogen-bond acceptors (Lipinski definition) is 2. The second kappa shape index (κ2) is 5.21. The van der Waals surface area contributed by atoms with Crippen molar-refractivity contribution in [1.29, 1.82) is 0 Å². The van der Waals surface area contributed by atoms with Gasteiger partial charge in [-0.15, -0.1) is 0 Å². The molecule has 0 saturated carbocycles. The zero-order valence-electron chi connectivity index (χ0n) is 10.5. The summed E-state index contributed by atoms with van der Waals surface area (Å²) in [5.41, 5.74) is 3.36. The summed E-state index contributed by atoms with van der Waals surface area (Å²) in [7, 11) is 0. The van der Waals surface area contributed by atoms with Gasteiger partial charge in [-0.3, -0.25) is 4.79 Å². The van der Waals surface area contributed by atoms with Gasteiger partial charge in [0, 0.05) is 24.3 Å². The number of anilines is 2. The highest BCUT2D eigenvalue weighted by molar-refractivity contribution is 5.94. The zero-order chi connectivity index (χ0) is 12.3. The van der Waals surface area contributed by atoms with Gasteiger partial charge in [-0.25, -0.2) is 0 Å². The summed E-state index contributed by atoms with van der Waals surface area (Å²) < 4.78 is 0. The molecule has 2 N–H and O–H groups in total. The van der Waals surface area contributed by atoms with Crippen LogP contribution in [0.2, 0.25) is 0 Å². The third-order valence-corrected chi connectivity index (χ3v) is 3.05. The molecule has 0 bridgehead atoms. The van der Waals surface area contributed by atoms with E-state index in [1.165, 1.54) is 12.0 Å². The van der Waals surface area contributed by atoms with Crippen LogP contribution in [0.15, 0.2) is 18.2 Å². The Labute approximate surface area is 103 Å². The lowest BCUT2D eigenvalue weighted by Gasteiger charge is -2.18. The largest absolute Gasteiger partial charge is 0.385 e. The Morgan fingerprint density at radius 1 is 1.35 bits per heavy atom. The molecule has 2 rings (SSSR count). The summed E-state index contributed by atoms with van der Waals surface area (Å²) in [4.78, 5) is 11.2. The fourth-order valence-corrected chi connectivity index (χ4v) is 2.00. The van der Waals surface area contributed by atoms with Gasteiger partial charge in [-0.2, -0.15) is 0 Å². The van der Waals surface area contributed by atoms with Crippen LogP contribution in [0, 0.1) is 5.92 Å². The van der Waals surface area contributed by atoms with E-state index >= 15 is 0 Å². The highest BCUT2D eigenvalue weighted by atomic mass is 16.1. The van der Waals surface area contributed by atoms with Crippen molar-refractivity contribution in [3.8, 4) is 0 Å². The average Bonchev–Trinajstić information content (AvgIpc) is 2.29. The maximum absolute atomic E-state index is 11.2. The van der Waals surface area contributed by atoms with E-state index < -0.39 is 0 Å². The topological polar surface area (TPSA) is 41.1 Å². The molecule has 0 radical (unpaired) electrons. The number of amides is 1. The molecule has 1 amide bonds. The molecule has 3 nitrogen and oxygen atoms in total. The first kappa shape index (κ1) is 12.0. The molecule has 0 fully saturated rings. The van der Waals surface area contributed by atoms with Gasteiger partial charge in [-0.1, -0.05) is 13.8 Å². The molecule has 0 aliphatic carbocycles. The quantitative estimate of drug-likeness (QED) is 0.837. The van der Waals surface area contributed by atoms with Gasteiger partial charge in [0.05, 0.1) is 0 Å². The molecule has 0 atom stereocenters. The van der Waals surface area contributed by atoms with Gasteiger partial charge in [0.1, 0.15) is 0 Å². The Hall–Kier alpha value is -1.51.